The number of piperidine rings is 1. The quantitative estimate of drug-likeness (QED) is 0.798. The first-order chi connectivity index (χ1) is 10.5. The Balaban J connectivity index is 1.89. The molecule has 1 aromatic carbocycles. The predicted molar refractivity (Wildman–Crippen MR) is 87.1 cm³/mol. The first kappa shape index (κ1) is 17.4. The van der Waals surface area contributed by atoms with Gasteiger partial charge in [0.2, 0.25) is 10.0 Å². The number of likely N-dealkylation sites (tertiary alicyclic amines) is 1. The average molecular weight is 326 g/mol. The third-order valence-corrected chi connectivity index (χ3v) is 5.75. The molecular weight excluding hydrogens is 300 g/mol. The van der Waals surface area contributed by atoms with Crippen LogP contribution in [0, 0.1) is 0 Å². The molecule has 124 valence electrons. The summed E-state index contributed by atoms with van der Waals surface area (Å²) in [6.45, 7) is 3.91. The van der Waals surface area contributed by atoms with E-state index in [2.05, 4.69) is 9.62 Å². The summed E-state index contributed by atoms with van der Waals surface area (Å²) in [5, 5.41) is 10.1. The van der Waals surface area contributed by atoms with Gasteiger partial charge in [0.25, 0.3) is 0 Å². The molecule has 2 rings (SSSR count). The number of aliphatic hydroxyl groups is 1. The monoisotopic (exact) mass is 326 g/mol. The van der Waals surface area contributed by atoms with E-state index in [1.807, 2.05) is 6.92 Å². The maximum Gasteiger partial charge on any atom is 0.240 e. The van der Waals surface area contributed by atoms with Gasteiger partial charge in [-0.25, -0.2) is 13.1 Å². The number of nitrogens with one attached hydrogen (secondary N) is 1. The van der Waals surface area contributed by atoms with Gasteiger partial charge in [-0.15, -0.1) is 0 Å². The van der Waals surface area contributed by atoms with Crippen molar-refractivity contribution in [3.8, 4) is 0 Å². The number of rotatable bonds is 7. The molecule has 0 amide bonds. The summed E-state index contributed by atoms with van der Waals surface area (Å²) in [5.41, 5.74) is 0. The average Bonchev–Trinajstić information content (AvgIpc) is 2.55. The first-order valence-electron chi connectivity index (χ1n) is 8.01. The van der Waals surface area contributed by atoms with E-state index in [4.69, 9.17) is 0 Å². The normalized spacial score (nSPS) is 21.6. The van der Waals surface area contributed by atoms with Gasteiger partial charge in [0.1, 0.15) is 0 Å². The van der Waals surface area contributed by atoms with Crippen molar-refractivity contribution in [1.29, 1.82) is 0 Å². The second-order valence-corrected chi connectivity index (χ2v) is 7.55. The van der Waals surface area contributed by atoms with Crippen molar-refractivity contribution in [3.63, 3.8) is 0 Å². The van der Waals surface area contributed by atoms with E-state index in [-0.39, 0.29) is 12.1 Å². The van der Waals surface area contributed by atoms with E-state index in [1.165, 1.54) is 0 Å². The van der Waals surface area contributed by atoms with Crippen molar-refractivity contribution in [2.45, 2.75) is 49.6 Å². The van der Waals surface area contributed by atoms with Crippen LogP contribution in [-0.2, 0) is 10.0 Å². The van der Waals surface area contributed by atoms with Crippen molar-refractivity contribution in [3.05, 3.63) is 30.3 Å². The smallest absolute Gasteiger partial charge is 0.240 e. The molecule has 1 aromatic rings. The summed E-state index contributed by atoms with van der Waals surface area (Å²) >= 11 is 0. The number of hydrogen-bond donors (Lipinski definition) is 2. The second-order valence-electron chi connectivity index (χ2n) is 5.79. The molecule has 0 saturated carbocycles. The molecule has 5 nitrogen and oxygen atoms in total. The molecule has 1 saturated heterocycles. The van der Waals surface area contributed by atoms with Gasteiger partial charge in [-0.05, 0) is 37.9 Å². The highest BCUT2D eigenvalue weighted by molar-refractivity contribution is 7.89. The summed E-state index contributed by atoms with van der Waals surface area (Å²) in [7, 11) is -3.44. The lowest BCUT2D eigenvalue weighted by molar-refractivity contribution is 0.0254. The Hall–Kier alpha value is -0.950. The van der Waals surface area contributed by atoms with Crippen LogP contribution >= 0.6 is 0 Å². The molecule has 0 bridgehead atoms. The minimum atomic E-state index is -3.44. The fourth-order valence-electron chi connectivity index (χ4n) is 3.01. The molecule has 1 fully saturated rings. The highest BCUT2D eigenvalue weighted by Gasteiger charge is 2.27. The van der Waals surface area contributed by atoms with Crippen LogP contribution in [0.2, 0.25) is 0 Å². The van der Waals surface area contributed by atoms with Crippen molar-refractivity contribution in [1.82, 2.24) is 9.62 Å². The Labute approximate surface area is 133 Å². The van der Waals surface area contributed by atoms with Crippen molar-refractivity contribution >= 4 is 10.0 Å². The number of hydrogen-bond acceptors (Lipinski definition) is 4. The number of benzene rings is 1. The molecule has 1 aliphatic rings. The van der Waals surface area contributed by atoms with Crippen LogP contribution in [0.25, 0.3) is 0 Å². The van der Waals surface area contributed by atoms with Crippen LogP contribution in [0.4, 0.5) is 0 Å². The van der Waals surface area contributed by atoms with Gasteiger partial charge in [-0.2, -0.15) is 0 Å². The summed E-state index contributed by atoms with van der Waals surface area (Å²) in [5.74, 6) is 0. The van der Waals surface area contributed by atoms with E-state index >= 15 is 0 Å². The van der Waals surface area contributed by atoms with Crippen molar-refractivity contribution < 1.29 is 13.5 Å². The van der Waals surface area contributed by atoms with Crippen molar-refractivity contribution in [2.24, 2.45) is 0 Å². The third kappa shape index (κ3) is 4.52. The van der Waals surface area contributed by atoms with Crippen LogP contribution in [0.1, 0.15) is 32.6 Å². The number of sulfonamides is 1. The lowest BCUT2D eigenvalue weighted by Gasteiger charge is -2.38. The third-order valence-electron chi connectivity index (χ3n) is 4.27. The maximum atomic E-state index is 12.2. The lowest BCUT2D eigenvalue weighted by Crippen LogP contribution is -2.49. The SMILES string of the molecule is CCC(O)C1CCCCN1CCNS(=O)(=O)c1ccccc1. The summed E-state index contributed by atoms with van der Waals surface area (Å²) in [6, 6.07) is 8.56. The zero-order chi connectivity index (χ0) is 16.0. The topological polar surface area (TPSA) is 69.6 Å². The fourth-order valence-corrected chi connectivity index (χ4v) is 4.05. The zero-order valence-corrected chi connectivity index (χ0v) is 13.9. The molecule has 6 heteroatoms. The van der Waals surface area contributed by atoms with Crippen LogP contribution in [0.15, 0.2) is 35.2 Å². The Morgan fingerprint density at radius 3 is 2.73 bits per heavy atom. The largest absolute Gasteiger partial charge is 0.392 e. The Morgan fingerprint density at radius 2 is 2.05 bits per heavy atom. The van der Waals surface area contributed by atoms with Crippen molar-refractivity contribution in [2.75, 3.05) is 19.6 Å². The minimum Gasteiger partial charge on any atom is -0.392 e. The number of nitrogens with zero attached hydrogens (tertiary/aromatic N) is 1. The standard InChI is InChI=1S/C16H26N2O3S/c1-2-16(19)15-10-6-7-12-18(15)13-11-17-22(20,21)14-8-4-3-5-9-14/h3-5,8-9,15-17,19H,2,6-7,10-13H2,1H3. The Kier molecular flexibility index (Phi) is 6.37. The van der Waals surface area contributed by atoms with E-state index in [9.17, 15) is 13.5 Å². The molecular formula is C16H26N2O3S. The molecule has 22 heavy (non-hydrogen) atoms. The summed E-state index contributed by atoms with van der Waals surface area (Å²) in [4.78, 5) is 2.50. The fraction of sp³-hybridized carbons (Fsp3) is 0.625. The predicted octanol–water partition coefficient (Wildman–Crippen LogP) is 1.59. The molecule has 2 N–H and O–H groups in total. The highest BCUT2D eigenvalue weighted by Crippen LogP contribution is 2.20. The summed E-state index contributed by atoms with van der Waals surface area (Å²) < 4.78 is 27.0. The molecule has 0 aromatic heterocycles. The van der Waals surface area contributed by atoms with Crippen LogP contribution in [0.3, 0.4) is 0 Å². The maximum absolute atomic E-state index is 12.2. The zero-order valence-electron chi connectivity index (χ0n) is 13.1. The van der Waals surface area contributed by atoms with Crippen LogP contribution < -0.4 is 4.72 Å². The molecule has 0 aliphatic carbocycles. The van der Waals surface area contributed by atoms with Gasteiger partial charge < -0.3 is 5.11 Å². The molecule has 2 atom stereocenters. The van der Waals surface area contributed by atoms with E-state index in [0.29, 0.717) is 18.0 Å². The lowest BCUT2D eigenvalue weighted by atomic mass is 9.96. The molecule has 1 aliphatic heterocycles. The van der Waals surface area contributed by atoms with E-state index in [0.717, 1.165) is 32.2 Å². The van der Waals surface area contributed by atoms with E-state index < -0.39 is 10.0 Å². The number of aliphatic hydroxyl groups excluding tert-OH is 1. The van der Waals surface area contributed by atoms with Gasteiger partial charge in [0, 0.05) is 19.1 Å². The molecule has 2 unspecified atom stereocenters. The van der Waals surface area contributed by atoms with Gasteiger partial charge in [-0.1, -0.05) is 31.5 Å². The van der Waals surface area contributed by atoms with Gasteiger partial charge in [0.15, 0.2) is 0 Å². The molecule has 0 spiro atoms. The van der Waals surface area contributed by atoms with E-state index in [1.54, 1.807) is 30.3 Å². The van der Waals surface area contributed by atoms with Gasteiger partial charge in [-0.3, -0.25) is 4.90 Å². The molecule has 1 heterocycles. The molecule has 0 radical (unpaired) electrons. The Morgan fingerprint density at radius 1 is 1.32 bits per heavy atom. The second kappa shape index (κ2) is 8.06. The Bertz CT molecular complexity index is 548. The van der Waals surface area contributed by atoms with Crippen LogP contribution in [-0.4, -0.2) is 50.2 Å². The van der Waals surface area contributed by atoms with Gasteiger partial charge >= 0.3 is 0 Å². The minimum absolute atomic E-state index is 0.153. The van der Waals surface area contributed by atoms with Gasteiger partial charge in [0.05, 0.1) is 11.0 Å². The highest BCUT2D eigenvalue weighted by atomic mass is 32.2. The first-order valence-corrected chi connectivity index (χ1v) is 9.49. The summed E-state index contributed by atoms with van der Waals surface area (Å²) in [6.07, 6.45) is 3.63. The van der Waals surface area contributed by atoms with Crippen LogP contribution in [0.5, 0.6) is 0 Å².